The summed E-state index contributed by atoms with van der Waals surface area (Å²) in [5, 5.41) is 11.9. The monoisotopic (exact) mass is 329 g/mol. The molecule has 0 aliphatic rings. The SMILES string of the molecule is COC(=O)C(NC(=O)c1ccccc1)c1ccc(CO)cc1OC. The van der Waals surface area contributed by atoms with Crippen molar-refractivity contribution >= 4 is 11.9 Å². The van der Waals surface area contributed by atoms with E-state index in [1.54, 1.807) is 48.5 Å². The molecule has 0 saturated carbocycles. The minimum atomic E-state index is -1.02. The van der Waals surface area contributed by atoms with E-state index in [1.165, 1.54) is 14.2 Å². The summed E-state index contributed by atoms with van der Waals surface area (Å²) < 4.78 is 10.1. The molecule has 126 valence electrons. The van der Waals surface area contributed by atoms with Crippen LogP contribution in [0.3, 0.4) is 0 Å². The summed E-state index contributed by atoms with van der Waals surface area (Å²) in [7, 11) is 2.70. The zero-order valence-corrected chi connectivity index (χ0v) is 13.5. The number of methoxy groups -OCH3 is 2. The van der Waals surface area contributed by atoms with Crippen LogP contribution in [0.15, 0.2) is 48.5 Å². The Kier molecular flexibility index (Phi) is 5.92. The van der Waals surface area contributed by atoms with Gasteiger partial charge in [-0.3, -0.25) is 4.79 Å². The fraction of sp³-hybridized carbons (Fsp3) is 0.222. The molecule has 1 atom stereocenters. The van der Waals surface area contributed by atoms with Crippen LogP contribution in [-0.2, 0) is 16.1 Å². The summed E-state index contributed by atoms with van der Waals surface area (Å²) in [6.07, 6.45) is 0. The van der Waals surface area contributed by atoms with E-state index in [9.17, 15) is 14.7 Å². The van der Waals surface area contributed by atoms with Crippen molar-refractivity contribution in [2.75, 3.05) is 14.2 Å². The third kappa shape index (κ3) is 3.91. The highest BCUT2D eigenvalue weighted by Crippen LogP contribution is 2.28. The summed E-state index contributed by atoms with van der Waals surface area (Å²) in [5.74, 6) is -0.640. The highest BCUT2D eigenvalue weighted by molar-refractivity contribution is 5.97. The maximum atomic E-state index is 12.4. The first-order valence-electron chi connectivity index (χ1n) is 7.32. The van der Waals surface area contributed by atoms with Crippen LogP contribution in [0.5, 0.6) is 5.75 Å². The van der Waals surface area contributed by atoms with Crippen LogP contribution < -0.4 is 10.1 Å². The van der Waals surface area contributed by atoms with Gasteiger partial charge >= 0.3 is 5.97 Å². The highest BCUT2D eigenvalue weighted by atomic mass is 16.5. The normalized spacial score (nSPS) is 11.5. The van der Waals surface area contributed by atoms with Crippen molar-refractivity contribution in [2.24, 2.45) is 0 Å². The lowest BCUT2D eigenvalue weighted by atomic mass is 10.0. The zero-order chi connectivity index (χ0) is 17.5. The van der Waals surface area contributed by atoms with Gasteiger partial charge in [0.25, 0.3) is 5.91 Å². The molecule has 6 heteroatoms. The van der Waals surface area contributed by atoms with Gasteiger partial charge in [-0.15, -0.1) is 0 Å². The molecular weight excluding hydrogens is 310 g/mol. The van der Waals surface area contributed by atoms with E-state index in [2.05, 4.69) is 5.32 Å². The van der Waals surface area contributed by atoms with E-state index in [0.29, 0.717) is 22.4 Å². The number of amides is 1. The second-order valence-corrected chi connectivity index (χ2v) is 5.03. The topological polar surface area (TPSA) is 84.9 Å². The highest BCUT2D eigenvalue weighted by Gasteiger charge is 2.27. The van der Waals surface area contributed by atoms with Crippen LogP contribution in [-0.4, -0.2) is 31.2 Å². The average molecular weight is 329 g/mol. The Balaban J connectivity index is 2.36. The van der Waals surface area contributed by atoms with Gasteiger partial charge in [-0.25, -0.2) is 4.79 Å². The number of carbonyl (C=O) groups excluding carboxylic acids is 2. The van der Waals surface area contributed by atoms with E-state index in [1.807, 2.05) is 0 Å². The molecule has 24 heavy (non-hydrogen) atoms. The molecule has 1 amide bonds. The maximum Gasteiger partial charge on any atom is 0.333 e. The Morgan fingerprint density at radius 1 is 1.12 bits per heavy atom. The number of nitrogens with one attached hydrogen (secondary N) is 1. The number of aliphatic hydroxyl groups is 1. The van der Waals surface area contributed by atoms with Gasteiger partial charge in [-0.05, 0) is 23.8 Å². The number of benzene rings is 2. The van der Waals surface area contributed by atoms with Crippen molar-refractivity contribution in [3.8, 4) is 5.75 Å². The molecule has 2 N–H and O–H groups in total. The Morgan fingerprint density at radius 3 is 2.42 bits per heavy atom. The van der Waals surface area contributed by atoms with Gasteiger partial charge in [0, 0.05) is 11.1 Å². The van der Waals surface area contributed by atoms with Crippen molar-refractivity contribution < 1.29 is 24.2 Å². The summed E-state index contributed by atoms with van der Waals surface area (Å²) in [5.41, 5.74) is 1.51. The van der Waals surface area contributed by atoms with Crippen LogP contribution in [0, 0.1) is 0 Å². The smallest absolute Gasteiger partial charge is 0.333 e. The molecule has 1 unspecified atom stereocenters. The summed E-state index contributed by atoms with van der Waals surface area (Å²) in [6.45, 7) is -0.157. The molecule has 0 aromatic heterocycles. The predicted octanol–water partition coefficient (Wildman–Crippen LogP) is 1.83. The van der Waals surface area contributed by atoms with E-state index in [4.69, 9.17) is 9.47 Å². The first-order valence-corrected chi connectivity index (χ1v) is 7.32. The third-order valence-electron chi connectivity index (χ3n) is 3.54. The van der Waals surface area contributed by atoms with Crippen molar-refractivity contribution in [3.05, 3.63) is 65.2 Å². The molecular formula is C18H19NO5. The summed E-state index contributed by atoms with van der Waals surface area (Å²) >= 11 is 0. The van der Waals surface area contributed by atoms with Crippen LogP contribution in [0.25, 0.3) is 0 Å². The van der Waals surface area contributed by atoms with Gasteiger partial charge in [0.1, 0.15) is 5.75 Å². The number of rotatable bonds is 6. The molecule has 0 bridgehead atoms. The predicted molar refractivity (Wildman–Crippen MR) is 87.6 cm³/mol. The molecule has 0 heterocycles. The van der Waals surface area contributed by atoms with Gasteiger partial charge in [0.2, 0.25) is 0 Å². The molecule has 2 rings (SSSR count). The molecule has 6 nitrogen and oxygen atoms in total. The van der Waals surface area contributed by atoms with Crippen molar-refractivity contribution in [1.82, 2.24) is 5.32 Å². The lowest BCUT2D eigenvalue weighted by Gasteiger charge is -2.20. The molecule has 2 aromatic rings. The molecule has 2 aromatic carbocycles. The van der Waals surface area contributed by atoms with Crippen molar-refractivity contribution in [1.29, 1.82) is 0 Å². The van der Waals surface area contributed by atoms with Crippen LogP contribution in [0.2, 0.25) is 0 Å². The zero-order valence-electron chi connectivity index (χ0n) is 13.5. The van der Waals surface area contributed by atoms with Gasteiger partial charge in [0.15, 0.2) is 6.04 Å². The first kappa shape index (κ1) is 17.5. The van der Waals surface area contributed by atoms with Crippen LogP contribution >= 0.6 is 0 Å². The second kappa shape index (κ2) is 8.12. The van der Waals surface area contributed by atoms with E-state index >= 15 is 0 Å². The number of hydrogen-bond acceptors (Lipinski definition) is 5. The number of hydrogen-bond donors (Lipinski definition) is 2. The lowest BCUT2D eigenvalue weighted by Crippen LogP contribution is -2.34. The number of carbonyl (C=O) groups is 2. The number of ether oxygens (including phenoxy) is 2. The molecule has 0 fully saturated rings. The van der Waals surface area contributed by atoms with Gasteiger partial charge in [-0.2, -0.15) is 0 Å². The summed E-state index contributed by atoms with van der Waals surface area (Å²) in [4.78, 5) is 24.5. The minimum Gasteiger partial charge on any atom is -0.496 e. The number of aliphatic hydroxyl groups excluding tert-OH is 1. The van der Waals surface area contributed by atoms with Gasteiger partial charge in [-0.1, -0.05) is 30.3 Å². The molecule has 0 aliphatic heterocycles. The molecule has 0 radical (unpaired) electrons. The third-order valence-corrected chi connectivity index (χ3v) is 3.54. The van der Waals surface area contributed by atoms with Crippen LogP contribution in [0.1, 0.15) is 27.5 Å². The summed E-state index contributed by atoms with van der Waals surface area (Å²) in [6, 6.07) is 12.4. The largest absolute Gasteiger partial charge is 0.496 e. The lowest BCUT2D eigenvalue weighted by molar-refractivity contribution is -0.143. The minimum absolute atomic E-state index is 0.157. The Hall–Kier alpha value is -2.86. The second-order valence-electron chi connectivity index (χ2n) is 5.03. The fourth-order valence-corrected chi connectivity index (χ4v) is 2.28. The molecule has 0 saturated heterocycles. The first-order chi connectivity index (χ1) is 11.6. The van der Waals surface area contributed by atoms with Crippen LogP contribution in [0.4, 0.5) is 0 Å². The average Bonchev–Trinajstić information content (AvgIpc) is 2.65. The fourth-order valence-electron chi connectivity index (χ4n) is 2.28. The molecule has 0 spiro atoms. The van der Waals surface area contributed by atoms with E-state index in [0.717, 1.165) is 0 Å². The quantitative estimate of drug-likeness (QED) is 0.790. The van der Waals surface area contributed by atoms with Crippen molar-refractivity contribution in [3.63, 3.8) is 0 Å². The maximum absolute atomic E-state index is 12.4. The standard InChI is InChI=1S/C18H19NO5/c1-23-15-10-12(11-20)8-9-14(15)16(18(22)24-2)19-17(21)13-6-4-3-5-7-13/h3-10,16,20H,11H2,1-2H3,(H,19,21). The Bertz CT molecular complexity index is 715. The Labute approximate surface area is 140 Å². The number of esters is 1. The van der Waals surface area contributed by atoms with E-state index in [-0.39, 0.29) is 6.61 Å². The van der Waals surface area contributed by atoms with Crippen molar-refractivity contribution in [2.45, 2.75) is 12.6 Å². The van der Waals surface area contributed by atoms with E-state index < -0.39 is 17.9 Å². The molecule has 0 aliphatic carbocycles. The Morgan fingerprint density at radius 2 is 1.83 bits per heavy atom. The van der Waals surface area contributed by atoms with Gasteiger partial charge < -0.3 is 19.9 Å². The van der Waals surface area contributed by atoms with Gasteiger partial charge in [0.05, 0.1) is 20.8 Å².